The van der Waals surface area contributed by atoms with Gasteiger partial charge < -0.3 is 9.52 Å². The molecule has 0 bridgehead atoms. The summed E-state index contributed by atoms with van der Waals surface area (Å²) in [4.78, 5) is 22.1. The number of hydrogen-bond donors (Lipinski definition) is 1. The number of fused-ring (bicyclic) bond motifs is 1. The Morgan fingerprint density at radius 1 is 1.31 bits per heavy atom. The minimum absolute atomic E-state index is 0.0692. The zero-order valence-corrected chi connectivity index (χ0v) is 6.87. The van der Waals surface area contributed by atoms with E-state index in [4.69, 9.17) is 9.52 Å². The van der Waals surface area contributed by atoms with Crippen molar-refractivity contribution in [3.8, 4) is 5.75 Å². The molecule has 0 atom stereocenters. The van der Waals surface area contributed by atoms with E-state index in [2.05, 4.69) is 0 Å². The normalized spacial score (nSPS) is 15.5. The third-order valence-electron chi connectivity index (χ3n) is 2.11. The third-order valence-corrected chi connectivity index (χ3v) is 2.11. The van der Waals surface area contributed by atoms with E-state index < -0.39 is 11.4 Å². The number of rotatable bonds is 0. The van der Waals surface area contributed by atoms with Crippen LogP contribution in [0.25, 0.3) is 0 Å². The Bertz CT molecular complexity index is 416. The second kappa shape index (κ2) is 2.73. The molecule has 4 nitrogen and oxygen atoms in total. The quantitative estimate of drug-likeness (QED) is 0.643. The maximum Gasteiger partial charge on any atom is 0.378 e. The van der Waals surface area contributed by atoms with Gasteiger partial charge in [0.05, 0.1) is 5.56 Å². The topological polar surface area (TPSA) is 67.5 Å². The lowest BCUT2D eigenvalue weighted by atomic mass is 9.96. The van der Waals surface area contributed by atoms with E-state index in [-0.39, 0.29) is 5.78 Å². The molecule has 1 aromatic heterocycles. The summed E-state index contributed by atoms with van der Waals surface area (Å²) in [6.45, 7) is 0. The van der Waals surface area contributed by atoms with Gasteiger partial charge in [0, 0.05) is 18.9 Å². The molecule has 2 rings (SSSR count). The van der Waals surface area contributed by atoms with Crippen LogP contribution in [0.15, 0.2) is 15.3 Å². The van der Waals surface area contributed by atoms with Crippen LogP contribution in [0.2, 0.25) is 0 Å². The number of Topliss-reactive ketones (excluding diaryl/α,β-unsaturated/α-hetero) is 1. The standard InChI is InChI=1S/C9H8O4/c10-6-2-1-3-8-5(6)4-7(11)9(12)13-8/h4,11H,1-3H2. The lowest BCUT2D eigenvalue weighted by Gasteiger charge is -2.11. The van der Waals surface area contributed by atoms with E-state index in [1.54, 1.807) is 0 Å². The van der Waals surface area contributed by atoms with Crippen molar-refractivity contribution in [1.29, 1.82) is 0 Å². The number of carbonyl (C=O) groups is 1. The largest absolute Gasteiger partial charge is 0.502 e. The molecule has 0 radical (unpaired) electrons. The molecule has 4 heteroatoms. The second-order valence-corrected chi connectivity index (χ2v) is 3.03. The lowest BCUT2D eigenvalue weighted by molar-refractivity contribution is 0.0965. The van der Waals surface area contributed by atoms with E-state index in [1.165, 1.54) is 6.07 Å². The Balaban J connectivity index is 2.65. The van der Waals surface area contributed by atoms with Crippen molar-refractivity contribution in [3.05, 3.63) is 27.8 Å². The summed E-state index contributed by atoms with van der Waals surface area (Å²) in [5, 5.41) is 9.03. The monoisotopic (exact) mass is 180 g/mol. The van der Waals surface area contributed by atoms with Crippen LogP contribution < -0.4 is 5.63 Å². The number of aryl methyl sites for hydroxylation is 1. The molecule has 13 heavy (non-hydrogen) atoms. The van der Waals surface area contributed by atoms with Crippen LogP contribution in [0.3, 0.4) is 0 Å². The Morgan fingerprint density at radius 3 is 2.85 bits per heavy atom. The maximum absolute atomic E-state index is 11.3. The molecule has 0 fully saturated rings. The van der Waals surface area contributed by atoms with Gasteiger partial charge in [-0.15, -0.1) is 0 Å². The molecule has 0 amide bonds. The Labute approximate surface area is 73.8 Å². The highest BCUT2D eigenvalue weighted by molar-refractivity contribution is 5.98. The predicted molar refractivity (Wildman–Crippen MR) is 43.9 cm³/mol. The van der Waals surface area contributed by atoms with Crippen LogP contribution in [0.1, 0.15) is 29.0 Å². The van der Waals surface area contributed by atoms with Crippen LogP contribution in [-0.4, -0.2) is 10.9 Å². The van der Waals surface area contributed by atoms with Crippen molar-refractivity contribution in [3.63, 3.8) is 0 Å². The number of carbonyl (C=O) groups excluding carboxylic acids is 1. The first-order valence-corrected chi connectivity index (χ1v) is 4.07. The minimum atomic E-state index is -0.770. The van der Waals surface area contributed by atoms with Gasteiger partial charge in [-0.3, -0.25) is 4.79 Å². The summed E-state index contributed by atoms with van der Waals surface area (Å²) >= 11 is 0. The van der Waals surface area contributed by atoms with Crippen molar-refractivity contribution in [2.24, 2.45) is 0 Å². The Morgan fingerprint density at radius 2 is 2.08 bits per heavy atom. The van der Waals surface area contributed by atoms with Gasteiger partial charge in [-0.05, 0) is 6.42 Å². The average molecular weight is 180 g/mol. The molecule has 1 aliphatic carbocycles. The van der Waals surface area contributed by atoms with Crippen molar-refractivity contribution in [2.75, 3.05) is 0 Å². The highest BCUT2D eigenvalue weighted by Gasteiger charge is 2.21. The molecule has 1 aliphatic rings. The lowest BCUT2D eigenvalue weighted by Crippen LogP contribution is -2.14. The SMILES string of the molecule is O=C1CCCc2oc(=O)c(O)cc21. The summed E-state index contributed by atoms with van der Waals surface area (Å²) in [6, 6.07) is 1.20. The minimum Gasteiger partial charge on any atom is -0.502 e. The van der Waals surface area contributed by atoms with Crippen LogP contribution in [0, 0.1) is 0 Å². The summed E-state index contributed by atoms with van der Waals surface area (Å²) in [7, 11) is 0. The van der Waals surface area contributed by atoms with Gasteiger partial charge in [-0.25, -0.2) is 4.79 Å². The maximum atomic E-state index is 11.3. The van der Waals surface area contributed by atoms with Crippen LogP contribution >= 0.6 is 0 Å². The zero-order valence-electron chi connectivity index (χ0n) is 6.87. The Hall–Kier alpha value is -1.58. The van der Waals surface area contributed by atoms with E-state index in [9.17, 15) is 9.59 Å². The first-order valence-electron chi connectivity index (χ1n) is 4.07. The molecule has 1 aromatic rings. The first kappa shape index (κ1) is 8.04. The van der Waals surface area contributed by atoms with Gasteiger partial charge in [0.2, 0.25) is 5.75 Å². The number of aromatic hydroxyl groups is 1. The Kier molecular flexibility index (Phi) is 1.69. The summed E-state index contributed by atoms with van der Waals surface area (Å²) in [6.07, 6.45) is 1.76. The summed E-state index contributed by atoms with van der Waals surface area (Å²) in [5.74, 6) is -0.159. The van der Waals surface area contributed by atoms with Crippen molar-refractivity contribution in [1.82, 2.24) is 0 Å². The van der Waals surface area contributed by atoms with Gasteiger partial charge in [0.1, 0.15) is 5.76 Å². The molecular weight excluding hydrogens is 172 g/mol. The molecule has 1 N–H and O–H groups in total. The summed E-state index contributed by atoms with van der Waals surface area (Å²) in [5.41, 5.74) is -0.420. The van der Waals surface area contributed by atoms with Gasteiger partial charge in [0.25, 0.3) is 0 Å². The van der Waals surface area contributed by atoms with Gasteiger partial charge in [-0.1, -0.05) is 0 Å². The van der Waals surface area contributed by atoms with Crippen LogP contribution in [-0.2, 0) is 6.42 Å². The van der Waals surface area contributed by atoms with Crippen LogP contribution in [0.4, 0.5) is 0 Å². The zero-order chi connectivity index (χ0) is 9.42. The fraction of sp³-hybridized carbons (Fsp3) is 0.333. The second-order valence-electron chi connectivity index (χ2n) is 3.03. The fourth-order valence-electron chi connectivity index (χ4n) is 1.46. The van der Waals surface area contributed by atoms with Gasteiger partial charge in [0.15, 0.2) is 5.78 Å². The summed E-state index contributed by atoms with van der Waals surface area (Å²) < 4.78 is 4.77. The predicted octanol–water partition coefficient (Wildman–Crippen LogP) is 0.864. The smallest absolute Gasteiger partial charge is 0.378 e. The molecule has 0 aliphatic heterocycles. The molecule has 0 aromatic carbocycles. The van der Waals surface area contributed by atoms with E-state index in [0.29, 0.717) is 30.6 Å². The number of hydrogen-bond acceptors (Lipinski definition) is 4. The molecule has 0 saturated carbocycles. The molecule has 68 valence electrons. The van der Waals surface area contributed by atoms with Crippen LogP contribution in [0.5, 0.6) is 5.75 Å². The van der Waals surface area contributed by atoms with Gasteiger partial charge in [-0.2, -0.15) is 0 Å². The van der Waals surface area contributed by atoms with E-state index >= 15 is 0 Å². The average Bonchev–Trinajstić information content (AvgIpc) is 2.09. The number of ketones is 1. The van der Waals surface area contributed by atoms with E-state index in [0.717, 1.165) is 0 Å². The first-order chi connectivity index (χ1) is 6.18. The third kappa shape index (κ3) is 1.24. The highest BCUT2D eigenvalue weighted by Crippen LogP contribution is 2.21. The molecule has 1 heterocycles. The van der Waals surface area contributed by atoms with E-state index in [1.807, 2.05) is 0 Å². The van der Waals surface area contributed by atoms with Gasteiger partial charge >= 0.3 is 5.63 Å². The fourth-order valence-corrected chi connectivity index (χ4v) is 1.46. The van der Waals surface area contributed by atoms with Crippen molar-refractivity contribution in [2.45, 2.75) is 19.3 Å². The van der Waals surface area contributed by atoms with Crippen molar-refractivity contribution < 1.29 is 14.3 Å². The molecule has 0 spiro atoms. The van der Waals surface area contributed by atoms with Crippen molar-refractivity contribution >= 4 is 5.78 Å². The molecular formula is C9H8O4. The highest BCUT2D eigenvalue weighted by atomic mass is 16.4. The molecule has 0 saturated heterocycles. The molecule has 0 unspecified atom stereocenters.